The maximum atomic E-state index is 11.4. The third-order valence-corrected chi connectivity index (χ3v) is 4.10. The molecule has 5 nitrogen and oxygen atoms in total. The first-order valence-corrected chi connectivity index (χ1v) is 7.56. The van der Waals surface area contributed by atoms with E-state index in [1.54, 1.807) is 0 Å². The first kappa shape index (κ1) is 15.2. The van der Waals surface area contributed by atoms with Crippen LogP contribution >= 0.6 is 0 Å². The summed E-state index contributed by atoms with van der Waals surface area (Å²) in [6.07, 6.45) is 1.34. The van der Waals surface area contributed by atoms with Gasteiger partial charge in [0.25, 0.3) is 0 Å². The SMILES string of the molecule is NCC(Cc1ccccc1)(Cc1ccccc1)c1noc(=O)[nH]1. The van der Waals surface area contributed by atoms with Crippen molar-refractivity contribution in [1.29, 1.82) is 0 Å². The Hall–Kier alpha value is -2.66. The Kier molecular flexibility index (Phi) is 4.39. The van der Waals surface area contributed by atoms with Crippen molar-refractivity contribution in [2.75, 3.05) is 6.54 Å². The minimum Gasteiger partial charge on any atom is -0.329 e. The van der Waals surface area contributed by atoms with E-state index in [1.807, 2.05) is 60.7 Å². The summed E-state index contributed by atoms with van der Waals surface area (Å²) in [4.78, 5) is 14.1. The summed E-state index contributed by atoms with van der Waals surface area (Å²) in [7, 11) is 0. The molecule has 0 saturated heterocycles. The molecule has 0 saturated carbocycles. The van der Waals surface area contributed by atoms with Gasteiger partial charge in [-0.1, -0.05) is 65.8 Å². The van der Waals surface area contributed by atoms with Gasteiger partial charge in [-0.05, 0) is 24.0 Å². The van der Waals surface area contributed by atoms with Crippen LogP contribution in [0.25, 0.3) is 0 Å². The molecule has 0 amide bonds. The number of benzene rings is 2. The van der Waals surface area contributed by atoms with Gasteiger partial charge < -0.3 is 5.73 Å². The van der Waals surface area contributed by atoms with Gasteiger partial charge in [0.05, 0.1) is 5.41 Å². The van der Waals surface area contributed by atoms with E-state index in [4.69, 9.17) is 10.3 Å². The van der Waals surface area contributed by atoms with E-state index in [0.717, 1.165) is 11.1 Å². The molecule has 3 N–H and O–H groups in total. The Morgan fingerprint density at radius 2 is 1.48 bits per heavy atom. The van der Waals surface area contributed by atoms with E-state index in [0.29, 0.717) is 25.2 Å². The molecule has 0 atom stereocenters. The highest BCUT2D eigenvalue weighted by Crippen LogP contribution is 2.29. The minimum atomic E-state index is -0.557. The summed E-state index contributed by atoms with van der Waals surface area (Å²) in [5, 5.41) is 3.93. The summed E-state index contributed by atoms with van der Waals surface area (Å²) in [6, 6.07) is 20.1. The predicted octanol–water partition coefficient (Wildman–Crippen LogP) is 2.04. The van der Waals surface area contributed by atoms with Gasteiger partial charge in [0.15, 0.2) is 5.82 Å². The second-order valence-electron chi connectivity index (χ2n) is 5.75. The van der Waals surface area contributed by atoms with E-state index in [9.17, 15) is 4.79 Å². The molecule has 118 valence electrons. The van der Waals surface area contributed by atoms with Crippen LogP contribution in [0.2, 0.25) is 0 Å². The number of aromatic nitrogens is 2. The molecule has 0 aliphatic rings. The number of H-pyrrole nitrogens is 1. The average molecular weight is 309 g/mol. The lowest BCUT2D eigenvalue weighted by Gasteiger charge is -2.30. The summed E-state index contributed by atoms with van der Waals surface area (Å²) < 4.78 is 4.73. The largest absolute Gasteiger partial charge is 0.438 e. The fourth-order valence-corrected chi connectivity index (χ4v) is 2.90. The summed E-state index contributed by atoms with van der Waals surface area (Å²) in [5.41, 5.74) is 7.90. The molecule has 23 heavy (non-hydrogen) atoms. The number of aromatic amines is 1. The van der Waals surface area contributed by atoms with E-state index < -0.39 is 11.2 Å². The molecule has 1 heterocycles. The van der Waals surface area contributed by atoms with Crippen molar-refractivity contribution in [3.63, 3.8) is 0 Å². The van der Waals surface area contributed by atoms with Crippen molar-refractivity contribution >= 4 is 0 Å². The molecule has 0 fully saturated rings. The molecule has 3 rings (SSSR count). The highest BCUT2D eigenvalue weighted by Gasteiger charge is 2.35. The van der Waals surface area contributed by atoms with Gasteiger partial charge >= 0.3 is 5.76 Å². The van der Waals surface area contributed by atoms with E-state index in [1.165, 1.54) is 0 Å². The number of hydrogen-bond acceptors (Lipinski definition) is 4. The van der Waals surface area contributed by atoms with Crippen molar-refractivity contribution in [2.45, 2.75) is 18.3 Å². The van der Waals surface area contributed by atoms with Crippen molar-refractivity contribution < 1.29 is 4.52 Å². The Morgan fingerprint density at radius 3 is 1.87 bits per heavy atom. The Morgan fingerprint density at radius 1 is 0.957 bits per heavy atom. The smallest absolute Gasteiger partial charge is 0.329 e. The van der Waals surface area contributed by atoms with Crippen molar-refractivity contribution in [3.8, 4) is 0 Å². The summed E-state index contributed by atoms with van der Waals surface area (Å²) in [5.74, 6) is -0.0587. The van der Waals surface area contributed by atoms with Gasteiger partial charge in [-0.15, -0.1) is 0 Å². The number of nitrogens with zero attached hydrogens (tertiary/aromatic N) is 1. The van der Waals surface area contributed by atoms with Crippen LogP contribution in [-0.2, 0) is 18.3 Å². The maximum absolute atomic E-state index is 11.4. The van der Waals surface area contributed by atoms with Crippen LogP contribution in [0.5, 0.6) is 0 Å². The second-order valence-corrected chi connectivity index (χ2v) is 5.75. The summed E-state index contributed by atoms with van der Waals surface area (Å²) >= 11 is 0. The monoisotopic (exact) mass is 309 g/mol. The quantitative estimate of drug-likeness (QED) is 0.730. The van der Waals surface area contributed by atoms with Gasteiger partial charge in [-0.25, -0.2) is 4.79 Å². The molecule has 0 bridgehead atoms. The third-order valence-electron chi connectivity index (χ3n) is 4.10. The molecule has 5 heteroatoms. The fraction of sp³-hybridized carbons (Fsp3) is 0.222. The first-order valence-electron chi connectivity index (χ1n) is 7.56. The van der Waals surface area contributed by atoms with Gasteiger partial charge in [-0.3, -0.25) is 9.51 Å². The molecule has 0 spiro atoms. The van der Waals surface area contributed by atoms with Gasteiger partial charge in [0.1, 0.15) is 0 Å². The van der Waals surface area contributed by atoms with Crippen LogP contribution in [0.4, 0.5) is 0 Å². The zero-order chi connectivity index (χ0) is 16.1. The molecule has 3 aromatic rings. The first-order chi connectivity index (χ1) is 11.2. The van der Waals surface area contributed by atoms with Crippen LogP contribution in [0.1, 0.15) is 17.0 Å². The highest BCUT2D eigenvalue weighted by molar-refractivity contribution is 5.26. The molecule has 0 unspecified atom stereocenters. The van der Waals surface area contributed by atoms with Crippen molar-refractivity contribution in [1.82, 2.24) is 10.1 Å². The zero-order valence-electron chi connectivity index (χ0n) is 12.7. The van der Waals surface area contributed by atoms with Crippen LogP contribution in [0.15, 0.2) is 70.0 Å². The molecule has 0 radical (unpaired) electrons. The number of nitrogens with two attached hydrogens (primary N) is 1. The van der Waals surface area contributed by atoms with E-state index >= 15 is 0 Å². The molecule has 0 aliphatic heterocycles. The fourth-order valence-electron chi connectivity index (χ4n) is 2.90. The Labute approximate surface area is 134 Å². The minimum absolute atomic E-state index is 0.346. The second kappa shape index (κ2) is 6.62. The standard InChI is InChI=1S/C18H19N3O2/c19-13-18(16-20-17(22)23-21-16,11-14-7-3-1-4-8-14)12-15-9-5-2-6-10-15/h1-10H,11-13,19H2,(H,20,21,22). The molecular formula is C18H19N3O2. The average Bonchev–Trinajstić information content (AvgIpc) is 3.03. The third kappa shape index (κ3) is 3.40. The van der Waals surface area contributed by atoms with Crippen molar-refractivity contribution in [3.05, 3.63) is 88.2 Å². The van der Waals surface area contributed by atoms with Crippen LogP contribution < -0.4 is 11.5 Å². The lowest BCUT2D eigenvalue weighted by atomic mass is 9.76. The normalized spacial score (nSPS) is 11.5. The van der Waals surface area contributed by atoms with Crippen LogP contribution in [-0.4, -0.2) is 16.7 Å². The van der Waals surface area contributed by atoms with E-state index in [2.05, 4.69) is 10.1 Å². The Bertz CT molecular complexity index is 752. The van der Waals surface area contributed by atoms with Crippen molar-refractivity contribution in [2.24, 2.45) is 5.73 Å². The van der Waals surface area contributed by atoms with E-state index in [-0.39, 0.29) is 0 Å². The lowest BCUT2D eigenvalue weighted by Crippen LogP contribution is -2.41. The number of nitrogens with one attached hydrogen (secondary N) is 1. The van der Waals surface area contributed by atoms with Gasteiger partial charge in [-0.2, -0.15) is 0 Å². The predicted molar refractivity (Wildman–Crippen MR) is 88.1 cm³/mol. The Balaban J connectivity index is 2.02. The summed E-state index contributed by atoms with van der Waals surface area (Å²) in [6.45, 7) is 0.346. The zero-order valence-corrected chi connectivity index (χ0v) is 12.7. The van der Waals surface area contributed by atoms with Gasteiger partial charge in [0.2, 0.25) is 0 Å². The highest BCUT2D eigenvalue weighted by atomic mass is 16.5. The number of rotatable bonds is 6. The van der Waals surface area contributed by atoms with Crippen LogP contribution in [0.3, 0.4) is 0 Å². The molecular weight excluding hydrogens is 290 g/mol. The number of hydrogen-bond donors (Lipinski definition) is 2. The van der Waals surface area contributed by atoms with Gasteiger partial charge in [0, 0.05) is 6.54 Å². The maximum Gasteiger partial charge on any atom is 0.438 e. The topological polar surface area (TPSA) is 84.9 Å². The lowest BCUT2D eigenvalue weighted by molar-refractivity contribution is 0.345. The molecule has 1 aromatic heterocycles. The van der Waals surface area contributed by atoms with Crippen LogP contribution in [0, 0.1) is 0 Å². The molecule has 2 aromatic carbocycles. The molecule has 0 aliphatic carbocycles.